The highest BCUT2D eigenvalue weighted by molar-refractivity contribution is 7.89. The van der Waals surface area contributed by atoms with Gasteiger partial charge in [0.05, 0.1) is 16.7 Å². The van der Waals surface area contributed by atoms with Crippen molar-refractivity contribution >= 4 is 15.7 Å². The number of aliphatic hydroxyl groups is 1. The first-order valence-electron chi connectivity index (χ1n) is 6.64. The molecule has 7 heteroatoms. The van der Waals surface area contributed by atoms with Gasteiger partial charge in [0.25, 0.3) is 0 Å². The van der Waals surface area contributed by atoms with Crippen molar-refractivity contribution in [3.05, 3.63) is 18.2 Å². The molecule has 2 unspecified atom stereocenters. The van der Waals surface area contributed by atoms with Crippen LogP contribution in [0.15, 0.2) is 23.1 Å². The fourth-order valence-electron chi connectivity index (χ4n) is 2.46. The third-order valence-electron chi connectivity index (χ3n) is 3.63. The Kier molecular flexibility index (Phi) is 4.52. The lowest BCUT2D eigenvalue weighted by Gasteiger charge is -2.25. The van der Waals surface area contributed by atoms with Crippen molar-refractivity contribution < 1.29 is 18.6 Å². The van der Waals surface area contributed by atoms with Crippen LogP contribution in [0.1, 0.15) is 25.7 Å². The molecule has 0 saturated heterocycles. The van der Waals surface area contributed by atoms with Gasteiger partial charge in [0.2, 0.25) is 10.0 Å². The van der Waals surface area contributed by atoms with Crippen molar-refractivity contribution in [1.29, 1.82) is 0 Å². The van der Waals surface area contributed by atoms with Gasteiger partial charge >= 0.3 is 0 Å². The van der Waals surface area contributed by atoms with E-state index in [0.29, 0.717) is 13.0 Å². The SMILES string of the molecule is Nc1cc(S(=O)(=O)NCC2CCCC(O)C2)ccc1O. The molecule has 2 atom stereocenters. The number of aromatic hydroxyl groups is 1. The van der Waals surface area contributed by atoms with Crippen molar-refractivity contribution in [2.75, 3.05) is 12.3 Å². The zero-order valence-corrected chi connectivity index (χ0v) is 11.9. The molecule has 0 radical (unpaired) electrons. The Morgan fingerprint density at radius 1 is 1.35 bits per heavy atom. The second-order valence-corrected chi connectivity index (χ2v) is 7.03. The molecule has 2 rings (SSSR count). The molecule has 1 fully saturated rings. The summed E-state index contributed by atoms with van der Waals surface area (Å²) in [5, 5.41) is 18.9. The van der Waals surface area contributed by atoms with Gasteiger partial charge in [-0.05, 0) is 43.4 Å². The van der Waals surface area contributed by atoms with E-state index in [4.69, 9.17) is 5.73 Å². The maximum Gasteiger partial charge on any atom is 0.240 e. The zero-order chi connectivity index (χ0) is 14.8. The van der Waals surface area contributed by atoms with E-state index in [0.717, 1.165) is 19.3 Å². The Morgan fingerprint density at radius 3 is 2.75 bits per heavy atom. The monoisotopic (exact) mass is 300 g/mol. The molecule has 0 amide bonds. The Balaban J connectivity index is 2.01. The Labute approximate surface area is 118 Å². The van der Waals surface area contributed by atoms with Crippen LogP contribution in [0.3, 0.4) is 0 Å². The van der Waals surface area contributed by atoms with Gasteiger partial charge in [-0.2, -0.15) is 0 Å². The van der Waals surface area contributed by atoms with Gasteiger partial charge in [-0.1, -0.05) is 6.42 Å². The van der Waals surface area contributed by atoms with Gasteiger partial charge in [0, 0.05) is 6.54 Å². The standard InChI is InChI=1S/C13H20N2O4S/c14-12-7-11(4-5-13(12)17)20(18,19)15-8-9-2-1-3-10(16)6-9/h4-5,7,9-10,15-17H,1-3,6,8,14H2. The van der Waals surface area contributed by atoms with Crippen LogP contribution < -0.4 is 10.5 Å². The van der Waals surface area contributed by atoms with E-state index in [1.807, 2.05) is 0 Å². The van der Waals surface area contributed by atoms with Crippen molar-refractivity contribution in [2.45, 2.75) is 36.7 Å². The average molecular weight is 300 g/mol. The zero-order valence-electron chi connectivity index (χ0n) is 11.1. The molecule has 0 bridgehead atoms. The van der Waals surface area contributed by atoms with E-state index in [2.05, 4.69) is 4.72 Å². The summed E-state index contributed by atoms with van der Waals surface area (Å²) in [6, 6.07) is 3.80. The molecule has 1 aromatic rings. The number of phenols is 1. The molecular formula is C13H20N2O4S. The number of benzene rings is 1. The van der Waals surface area contributed by atoms with Crippen molar-refractivity contribution in [3.63, 3.8) is 0 Å². The molecular weight excluding hydrogens is 280 g/mol. The Hall–Kier alpha value is -1.31. The summed E-state index contributed by atoms with van der Waals surface area (Å²) in [4.78, 5) is 0.0316. The van der Waals surface area contributed by atoms with Crippen LogP contribution in [0, 0.1) is 5.92 Å². The van der Waals surface area contributed by atoms with Crippen LogP contribution >= 0.6 is 0 Å². The number of nitrogens with one attached hydrogen (secondary N) is 1. The first-order valence-corrected chi connectivity index (χ1v) is 8.13. The van der Waals surface area contributed by atoms with E-state index in [1.54, 1.807) is 0 Å². The number of hydrogen-bond acceptors (Lipinski definition) is 5. The average Bonchev–Trinajstić information content (AvgIpc) is 2.40. The van der Waals surface area contributed by atoms with Crippen LogP contribution in [0.5, 0.6) is 5.75 Å². The highest BCUT2D eigenvalue weighted by Crippen LogP contribution is 2.25. The molecule has 1 aliphatic rings. The Bertz CT molecular complexity index is 574. The summed E-state index contributed by atoms with van der Waals surface area (Å²) in [5.41, 5.74) is 5.53. The van der Waals surface area contributed by atoms with Gasteiger partial charge < -0.3 is 15.9 Å². The van der Waals surface area contributed by atoms with Gasteiger partial charge in [-0.15, -0.1) is 0 Å². The van der Waals surface area contributed by atoms with Crippen LogP contribution in [0.25, 0.3) is 0 Å². The van der Waals surface area contributed by atoms with Gasteiger partial charge in [0.15, 0.2) is 0 Å². The summed E-state index contributed by atoms with van der Waals surface area (Å²) in [6.07, 6.45) is 2.91. The molecule has 0 aliphatic heterocycles. The molecule has 1 aromatic carbocycles. The molecule has 0 heterocycles. The van der Waals surface area contributed by atoms with Gasteiger partial charge in [-0.25, -0.2) is 13.1 Å². The van der Waals surface area contributed by atoms with E-state index in [-0.39, 0.29) is 28.4 Å². The van der Waals surface area contributed by atoms with E-state index in [9.17, 15) is 18.6 Å². The van der Waals surface area contributed by atoms with E-state index >= 15 is 0 Å². The van der Waals surface area contributed by atoms with E-state index in [1.165, 1.54) is 18.2 Å². The molecule has 112 valence electrons. The minimum absolute atomic E-state index is 0.0287. The quantitative estimate of drug-likeness (QED) is 0.485. The van der Waals surface area contributed by atoms with Crippen LogP contribution in [0.4, 0.5) is 5.69 Å². The van der Waals surface area contributed by atoms with Gasteiger partial charge in [-0.3, -0.25) is 0 Å². The number of anilines is 1. The topological polar surface area (TPSA) is 113 Å². The predicted molar refractivity (Wildman–Crippen MR) is 75.7 cm³/mol. The number of aliphatic hydroxyl groups excluding tert-OH is 1. The minimum Gasteiger partial charge on any atom is -0.506 e. The Morgan fingerprint density at radius 2 is 2.10 bits per heavy atom. The van der Waals surface area contributed by atoms with Gasteiger partial charge in [0.1, 0.15) is 5.75 Å². The maximum absolute atomic E-state index is 12.1. The predicted octanol–water partition coefficient (Wildman–Crippen LogP) is 0.804. The maximum atomic E-state index is 12.1. The number of phenolic OH excluding ortho intramolecular Hbond substituents is 1. The lowest BCUT2D eigenvalue weighted by atomic mass is 9.87. The van der Waals surface area contributed by atoms with Crippen molar-refractivity contribution in [3.8, 4) is 5.75 Å². The number of sulfonamides is 1. The molecule has 0 spiro atoms. The molecule has 1 saturated carbocycles. The molecule has 20 heavy (non-hydrogen) atoms. The second kappa shape index (κ2) is 5.99. The van der Waals surface area contributed by atoms with Crippen LogP contribution in [-0.4, -0.2) is 31.3 Å². The smallest absolute Gasteiger partial charge is 0.240 e. The number of nitrogens with two attached hydrogens (primary N) is 1. The summed E-state index contributed by atoms with van der Waals surface area (Å²) >= 11 is 0. The van der Waals surface area contributed by atoms with Crippen molar-refractivity contribution in [1.82, 2.24) is 4.72 Å². The molecule has 0 aromatic heterocycles. The third kappa shape index (κ3) is 3.62. The highest BCUT2D eigenvalue weighted by Gasteiger charge is 2.23. The van der Waals surface area contributed by atoms with E-state index < -0.39 is 10.0 Å². The summed E-state index contributed by atoms with van der Waals surface area (Å²) in [5.74, 6) is 0.0161. The lowest BCUT2D eigenvalue weighted by molar-refractivity contribution is 0.102. The largest absolute Gasteiger partial charge is 0.506 e. The molecule has 1 aliphatic carbocycles. The molecule has 5 N–H and O–H groups in total. The summed E-state index contributed by atoms with van der Waals surface area (Å²) in [7, 11) is -3.64. The fourth-order valence-corrected chi connectivity index (χ4v) is 3.61. The first-order chi connectivity index (χ1) is 9.38. The summed E-state index contributed by atoms with van der Waals surface area (Å²) in [6.45, 7) is 0.306. The number of hydrogen-bond donors (Lipinski definition) is 4. The first kappa shape index (κ1) is 15.1. The highest BCUT2D eigenvalue weighted by atomic mass is 32.2. The lowest BCUT2D eigenvalue weighted by Crippen LogP contribution is -2.33. The minimum atomic E-state index is -3.64. The second-order valence-electron chi connectivity index (χ2n) is 5.26. The normalized spacial score (nSPS) is 23.6. The molecule has 6 nitrogen and oxygen atoms in total. The third-order valence-corrected chi connectivity index (χ3v) is 5.05. The van der Waals surface area contributed by atoms with Crippen LogP contribution in [-0.2, 0) is 10.0 Å². The van der Waals surface area contributed by atoms with Crippen molar-refractivity contribution in [2.24, 2.45) is 5.92 Å². The summed E-state index contributed by atoms with van der Waals surface area (Å²) < 4.78 is 26.8. The fraction of sp³-hybridized carbons (Fsp3) is 0.538. The number of rotatable bonds is 4. The number of nitrogen functional groups attached to an aromatic ring is 1. The van der Waals surface area contributed by atoms with Crippen LogP contribution in [0.2, 0.25) is 0 Å².